The Kier molecular flexibility index (Phi) is 5.74. The first kappa shape index (κ1) is 20.0. The second kappa shape index (κ2) is 8.61. The molecule has 0 aliphatic carbocycles. The first-order valence-corrected chi connectivity index (χ1v) is 10.2. The number of aryl methyl sites for hydroxylation is 2. The molecule has 4 rings (SSSR count). The Labute approximate surface area is 176 Å². The van der Waals surface area contributed by atoms with Gasteiger partial charge in [0.05, 0.1) is 5.69 Å². The summed E-state index contributed by atoms with van der Waals surface area (Å²) in [5.74, 6) is 0.625. The van der Waals surface area contributed by atoms with Crippen LogP contribution < -0.4 is 10.2 Å². The minimum atomic E-state index is -0.269. The first-order chi connectivity index (χ1) is 14.5. The molecule has 2 aromatic carbocycles. The number of rotatable bonds is 4. The van der Waals surface area contributed by atoms with Crippen LogP contribution in [0.5, 0.6) is 0 Å². The fourth-order valence-corrected chi connectivity index (χ4v) is 3.73. The van der Waals surface area contributed by atoms with Gasteiger partial charge in [-0.2, -0.15) is 0 Å². The molecule has 1 aromatic heterocycles. The average Bonchev–Trinajstić information content (AvgIpc) is 2.77. The maximum absolute atomic E-state index is 13.2. The average molecular weight is 404 g/mol. The molecule has 1 aliphatic heterocycles. The molecule has 0 spiro atoms. The molecule has 0 radical (unpaired) electrons. The van der Waals surface area contributed by atoms with Crippen molar-refractivity contribution in [2.45, 2.75) is 26.7 Å². The van der Waals surface area contributed by atoms with Crippen LogP contribution in [-0.4, -0.2) is 29.0 Å². The Morgan fingerprint density at radius 3 is 2.43 bits per heavy atom. The molecular formula is C24H25FN4O. The zero-order chi connectivity index (χ0) is 21.1. The van der Waals surface area contributed by atoms with Gasteiger partial charge >= 0.3 is 0 Å². The molecule has 0 atom stereocenters. The molecule has 0 bridgehead atoms. The van der Waals surface area contributed by atoms with Crippen LogP contribution in [0.4, 0.5) is 15.9 Å². The third-order valence-electron chi connectivity index (χ3n) is 5.76. The summed E-state index contributed by atoms with van der Waals surface area (Å²) in [6, 6.07) is 14.2. The van der Waals surface area contributed by atoms with Crippen molar-refractivity contribution in [1.82, 2.24) is 9.97 Å². The van der Waals surface area contributed by atoms with Crippen molar-refractivity contribution in [3.63, 3.8) is 0 Å². The smallest absolute Gasteiger partial charge is 0.227 e. The van der Waals surface area contributed by atoms with E-state index in [1.165, 1.54) is 29.6 Å². The van der Waals surface area contributed by atoms with Crippen molar-refractivity contribution in [1.29, 1.82) is 0 Å². The van der Waals surface area contributed by atoms with Crippen molar-refractivity contribution < 1.29 is 9.18 Å². The summed E-state index contributed by atoms with van der Waals surface area (Å²) in [6.07, 6.45) is 3.08. The normalized spacial score (nSPS) is 14.6. The van der Waals surface area contributed by atoms with Gasteiger partial charge < -0.3 is 10.2 Å². The highest BCUT2D eigenvalue weighted by Gasteiger charge is 2.26. The van der Waals surface area contributed by atoms with E-state index < -0.39 is 0 Å². The van der Waals surface area contributed by atoms with Gasteiger partial charge in [0.2, 0.25) is 5.91 Å². The fraction of sp³-hybridized carbons (Fsp3) is 0.292. The molecule has 1 N–H and O–H groups in total. The van der Waals surface area contributed by atoms with Crippen molar-refractivity contribution >= 4 is 17.4 Å². The molecule has 1 saturated heterocycles. The lowest BCUT2D eigenvalue weighted by Gasteiger charge is -2.32. The van der Waals surface area contributed by atoms with E-state index in [0.717, 1.165) is 48.7 Å². The van der Waals surface area contributed by atoms with Crippen molar-refractivity contribution in [2.75, 3.05) is 23.3 Å². The van der Waals surface area contributed by atoms with E-state index in [1.54, 1.807) is 12.1 Å². The summed E-state index contributed by atoms with van der Waals surface area (Å²) in [5, 5.41) is 3.06. The van der Waals surface area contributed by atoms with Crippen LogP contribution in [-0.2, 0) is 4.79 Å². The number of hydrogen-bond donors (Lipinski definition) is 1. The number of halogens is 1. The zero-order valence-corrected chi connectivity index (χ0v) is 17.2. The third kappa shape index (κ3) is 4.48. The standard InChI is InChI=1S/C24H25FN4O/c1-16-3-8-21(13-17(16)2)28-24(30)19-9-11-29(12-10-19)23-14-22(26-15-27-23)18-4-6-20(25)7-5-18/h3-8,13-15,19H,9-12H2,1-2H3,(H,28,30). The number of nitrogens with zero attached hydrogens (tertiary/aromatic N) is 3. The number of carbonyl (C=O) groups is 1. The lowest BCUT2D eigenvalue weighted by Crippen LogP contribution is -2.38. The van der Waals surface area contributed by atoms with Gasteiger partial charge in [0.1, 0.15) is 18.0 Å². The number of aromatic nitrogens is 2. The number of benzene rings is 2. The molecule has 6 heteroatoms. The predicted octanol–water partition coefficient (Wildman–Crippen LogP) is 4.75. The largest absolute Gasteiger partial charge is 0.356 e. The van der Waals surface area contributed by atoms with Crippen LogP contribution in [0.3, 0.4) is 0 Å². The fourth-order valence-electron chi connectivity index (χ4n) is 3.73. The molecule has 154 valence electrons. The maximum atomic E-state index is 13.2. The van der Waals surface area contributed by atoms with E-state index in [2.05, 4.69) is 27.1 Å². The van der Waals surface area contributed by atoms with E-state index in [9.17, 15) is 9.18 Å². The van der Waals surface area contributed by atoms with Gasteiger partial charge in [0.25, 0.3) is 0 Å². The molecule has 0 unspecified atom stereocenters. The van der Waals surface area contributed by atoms with Gasteiger partial charge in [-0.3, -0.25) is 4.79 Å². The van der Waals surface area contributed by atoms with Crippen LogP contribution in [0.2, 0.25) is 0 Å². The van der Waals surface area contributed by atoms with E-state index in [-0.39, 0.29) is 17.6 Å². The minimum Gasteiger partial charge on any atom is -0.356 e. The van der Waals surface area contributed by atoms with E-state index >= 15 is 0 Å². The van der Waals surface area contributed by atoms with Crippen LogP contribution in [0, 0.1) is 25.6 Å². The molecule has 3 aromatic rings. The van der Waals surface area contributed by atoms with Crippen molar-refractivity contribution in [2.24, 2.45) is 5.92 Å². The Bertz CT molecular complexity index is 1040. The SMILES string of the molecule is Cc1ccc(NC(=O)C2CCN(c3cc(-c4ccc(F)cc4)ncn3)CC2)cc1C. The number of piperidine rings is 1. The number of hydrogen-bond acceptors (Lipinski definition) is 4. The number of nitrogens with one attached hydrogen (secondary N) is 1. The molecular weight excluding hydrogens is 379 g/mol. The molecule has 1 fully saturated rings. The minimum absolute atomic E-state index is 0.0127. The van der Waals surface area contributed by atoms with Crippen LogP contribution in [0.15, 0.2) is 54.9 Å². The van der Waals surface area contributed by atoms with E-state index in [1.807, 2.05) is 31.2 Å². The summed E-state index contributed by atoms with van der Waals surface area (Å²) in [6.45, 7) is 5.62. The summed E-state index contributed by atoms with van der Waals surface area (Å²) in [4.78, 5) is 23.6. The monoisotopic (exact) mass is 404 g/mol. The lowest BCUT2D eigenvalue weighted by molar-refractivity contribution is -0.120. The summed E-state index contributed by atoms with van der Waals surface area (Å²) < 4.78 is 13.2. The van der Waals surface area contributed by atoms with Gasteiger partial charge in [-0.1, -0.05) is 6.07 Å². The molecule has 0 saturated carbocycles. The van der Waals surface area contributed by atoms with Gasteiger partial charge in [0.15, 0.2) is 0 Å². The summed E-state index contributed by atoms with van der Waals surface area (Å²) in [7, 11) is 0. The Hall–Kier alpha value is -3.28. The van der Waals surface area contributed by atoms with Gasteiger partial charge in [-0.25, -0.2) is 14.4 Å². The van der Waals surface area contributed by atoms with Crippen molar-refractivity contribution in [3.8, 4) is 11.3 Å². The van der Waals surface area contributed by atoms with Crippen molar-refractivity contribution in [3.05, 3.63) is 71.8 Å². The maximum Gasteiger partial charge on any atom is 0.227 e. The van der Waals surface area contributed by atoms with Crippen LogP contribution in [0.1, 0.15) is 24.0 Å². The van der Waals surface area contributed by atoms with Gasteiger partial charge in [0, 0.05) is 36.3 Å². The van der Waals surface area contributed by atoms with Crippen LogP contribution >= 0.6 is 0 Å². The quantitative estimate of drug-likeness (QED) is 0.681. The number of amides is 1. The Morgan fingerprint density at radius 2 is 1.73 bits per heavy atom. The molecule has 1 amide bonds. The number of carbonyl (C=O) groups excluding carboxylic acids is 1. The second-order valence-corrected chi connectivity index (χ2v) is 7.82. The summed E-state index contributed by atoms with van der Waals surface area (Å²) in [5.41, 5.74) is 4.84. The highest BCUT2D eigenvalue weighted by Crippen LogP contribution is 2.26. The highest BCUT2D eigenvalue weighted by atomic mass is 19.1. The Balaban J connectivity index is 1.38. The first-order valence-electron chi connectivity index (χ1n) is 10.2. The van der Waals surface area contributed by atoms with Gasteiger partial charge in [-0.05, 0) is 74.2 Å². The van der Waals surface area contributed by atoms with Gasteiger partial charge in [-0.15, -0.1) is 0 Å². The molecule has 1 aliphatic rings. The highest BCUT2D eigenvalue weighted by molar-refractivity contribution is 5.92. The molecule has 30 heavy (non-hydrogen) atoms. The molecule has 2 heterocycles. The molecule has 5 nitrogen and oxygen atoms in total. The summed E-state index contributed by atoms with van der Waals surface area (Å²) >= 11 is 0. The number of anilines is 2. The Morgan fingerprint density at radius 1 is 1.00 bits per heavy atom. The zero-order valence-electron chi connectivity index (χ0n) is 17.2. The predicted molar refractivity (Wildman–Crippen MR) is 117 cm³/mol. The third-order valence-corrected chi connectivity index (χ3v) is 5.76. The van der Waals surface area contributed by atoms with E-state index in [0.29, 0.717) is 0 Å². The van der Waals surface area contributed by atoms with Crippen LogP contribution in [0.25, 0.3) is 11.3 Å². The second-order valence-electron chi connectivity index (χ2n) is 7.82. The lowest BCUT2D eigenvalue weighted by atomic mass is 9.95. The topological polar surface area (TPSA) is 58.1 Å². The van der Waals surface area contributed by atoms with E-state index in [4.69, 9.17) is 0 Å².